The molecular formula is C17H17N7O4S. The SMILES string of the molecule is C[S+]([O-])NC(=O)Cc1ccc(OC(=O)c2ccc(NC(=N)N)cc2)c2ncnn12. The van der Waals surface area contributed by atoms with Gasteiger partial charge in [0.2, 0.25) is 0 Å². The van der Waals surface area contributed by atoms with Crippen LogP contribution in [0.4, 0.5) is 5.69 Å². The Kier molecular flexibility index (Phi) is 5.95. The number of nitrogens with zero attached hydrogens (tertiary/aromatic N) is 3. The Bertz CT molecular complexity index is 1070. The largest absolute Gasteiger partial charge is 0.593 e. The molecule has 1 unspecified atom stereocenters. The van der Waals surface area contributed by atoms with E-state index in [2.05, 4.69) is 20.1 Å². The zero-order valence-electron chi connectivity index (χ0n) is 15.2. The molecule has 1 atom stereocenters. The first-order chi connectivity index (χ1) is 13.8. The van der Waals surface area contributed by atoms with Gasteiger partial charge in [-0.05, 0) is 36.4 Å². The van der Waals surface area contributed by atoms with Gasteiger partial charge < -0.3 is 20.3 Å². The summed E-state index contributed by atoms with van der Waals surface area (Å²) < 4.78 is 20.2. The predicted molar refractivity (Wildman–Crippen MR) is 106 cm³/mol. The normalized spacial score (nSPS) is 11.7. The highest BCUT2D eigenvalue weighted by molar-refractivity contribution is 7.89. The minimum Gasteiger partial charge on any atom is -0.593 e. The minimum atomic E-state index is -1.47. The maximum absolute atomic E-state index is 12.4. The first-order valence-corrected chi connectivity index (χ1v) is 9.77. The molecule has 1 amide bonds. The van der Waals surface area contributed by atoms with Crippen LogP contribution in [0.25, 0.3) is 5.65 Å². The first kappa shape index (κ1) is 20.1. The van der Waals surface area contributed by atoms with Crippen LogP contribution in [0, 0.1) is 5.41 Å². The van der Waals surface area contributed by atoms with Crippen molar-refractivity contribution in [3.05, 3.63) is 54.0 Å². The molecule has 2 aromatic heterocycles. The molecule has 0 saturated heterocycles. The lowest BCUT2D eigenvalue weighted by Gasteiger charge is -2.10. The minimum absolute atomic E-state index is 0.0712. The molecule has 11 nitrogen and oxygen atoms in total. The fourth-order valence-corrected chi connectivity index (χ4v) is 2.91. The molecule has 0 aliphatic heterocycles. The zero-order valence-corrected chi connectivity index (χ0v) is 16.0. The van der Waals surface area contributed by atoms with Crippen LogP contribution in [-0.2, 0) is 22.6 Å². The van der Waals surface area contributed by atoms with Gasteiger partial charge in [-0.2, -0.15) is 9.82 Å². The number of hydrogen-bond donors (Lipinski definition) is 4. The number of carbonyl (C=O) groups is 2. The van der Waals surface area contributed by atoms with Crippen LogP contribution < -0.4 is 20.5 Å². The van der Waals surface area contributed by atoms with Gasteiger partial charge in [-0.3, -0.25) is 10.2 Å². The Labute approximate surface area is 168 Å². The molecule has 12 heteroatoms. The average Bonchev–Trinajstić information content (AvgIpc) is 3.13. The van der Waals surface area contributed by atoms with Gasteiger partial charge in [0.15, 0.2) is 17.4 Å². The molecule has 0 saturated carbocycles. The lowest BCUT2D eigenvalue weighted by molar-refractivity contribution is -0.118. The monoisotopic (exact) mass is 415 g/mol. The molecule has 0 bridgehead atoms. The average molecular weight is 415 g/mol. The van der Waals surface area contributed by atoms with Crippen molar-refractivity contribution in [1.29, 1.82) is 5.41 Å². The fourth-order valence-electron chi connectivity index (χ4n) is 2.52. The number of esters is 1. The van der Waals surface area contributed by atoms with Crippen LogP contribution >= 0.6 is 0 Å². The van der Waals surface area contributed by atoms with E-state index in [4.69, 9.17) is 15.9 Å². The molecule has 0 spiro atoms. The third kappa shape index (κ3) is 5.00. The summed E-state index contributed by atoms with van der Waals surface area (Å²) in [5, 5.41) is 13.9. The number of hydrogen-bond acceptors (Lipinski definition) is 7. The summed E-state index contributed by atoms with van der Waals surface area (Å²) >= 11 is -1.47. The Morgan fingerprint density at radius 2 is 2.00 bits per heavy atom. The van der Waals surface area contributed by atoms with Crippen molar-refractivity contribution in [3.8, 4) is 5.75 Å². The lowest BCUT2D eigenvalue weighted by atomic mass is 10.2. The molecule has 0 aliphatic rings. The van der Waals surface area contributed by atoms with Gasteiger partial charge in [0.25, 0.3) is 5.91 Å². The number of amides is 1. The Balaban J connectivity index is 1.77. The summed E-state index contributed by atoms with van der Waals surface area (Å²) in [5.41, 5.74) is 6.85. The quantitative estimate of drug-likeness (QED) is 0.191. The number of ether oxygens (including phenoxy) is 1. The second kappa shape index (κ2) is 8.58. The van der Waals surface area contributed by atoms with Gasteiger partial charge in [0.05, 0.1) is 29.0 Å². The van der Waals surface area contributed by atoms with Gasteiger partial charge in [0.1, 0.15) is 12.6 Å². The predicted octanol–water partition coefficient (Wildman–Crippen LogP) is 0.206. The highest BCUT2D eigenvalue weighted by atomic mass is 32.2. The second-order valence-electron chi connectivity index (χ2n) is 5.85. The van der Waals surface area contributed by atoms with Crippen LogP contribution in [0.15, 0.2) is 42.7 Å². The molecule has 1 aromatic carbocycles. The van der Waals surface area contributed by atoms with E-state index in [0.717, 1.165) is 0 Å². The smallest absolute Gasteiger partial charge is 0.343 e. The van der Waals surface area contributed by atoms with Crippen LogP contribution in [0.3, 0.4) is 0 Å². The molecule has 0 radical (unpaired) electrons. The van der Waals surface area contributed by atoms with Crippen LogP contribution in [0.2, 0.25) is 0 Å². The number of fused-ring (bicyclic) bond motifs is 1. The van der Waals surface area contributed by atoms with Crippen molar-refractivity contribution in [1.82, 2.24) is 19.3 Å². The third-order valence-corrected chi connectivity index (χ3v) is 4.18. The van der Waals surface area contributed by atoms with Gasteiger partial charge in [0, 0.05) is 5.69 Å². The van der Waals surface area contributed by atoms with E-state index >= 15 is 0 Å². The Morgan fingerprint density at radius 1 is 1.28 bits per heavy atom. The molecule has 0 aliphatic carbocycles. The van der Waals surface area contributed by atoms with Crippen LogP contribution in [0.1, 0.15) is 16.1 Å². The summed E-state index contributed by atoms with van der Waals surface area (Å²) in [7, 11) is 0. The maximum atomic E-state index is 12.4. The number of guanidine groups is 1. The Morgan fingerprint density at radius 3 is 2.66 bits per heavy atom. The standard InChI is InChI=1S/C17H17N7O4S/c1-29(27)23-14(25)8-12-6-7-13(15-20-9-21-24(12)15)28-16(26)10-2-4-11(5-3-10)22-17(18)19/h2-7,9H,8H2,1H3,(H,23,25)(H4,18,19,22). The van der Waals surface area contributed by atoms with Crippen molar-refractivity contribution in [2.45, 2.75) is 6.42 Å². The third-order valence-electron chi connectivity index (χ3n) is 3.67. The molecule has 0 fully saturated rings. The first-order valence-electron chi connectivity index (χ1n) is 8.21. The number of anilines is 1. The van der Waals surface area contributed by atoms with Gasteiger partial charge in [-0.15, -0.1) is 0 Å². The van der Waals surface area contributed by atoms with Crippen LogP contribution in [-0.4, -0.2) is 43.2 Å². The summed E-state index contributed by atoms with van der Waals surface area (Å²) in [5.74, 6) is -1.10. The van der Waals surface area contributed by atoms with E-state index in [0.29, 0.717) is 11.4 Å². The van der Waals surface area contributed by atoms with Crippen molar-refractivity contribution < 1.29 is 18.9 Å². The van der Waals surface area contributed by atoms with E-state index in [9.17, 15) is 14.1 Å². The number of rotatable bonds is 6. The lowest BCUT2D eigenvalue weighted by Crippen LogP contribution is -2.31. The molecule has 3 rings (SSSR count). The van der Waals surface area contributed by atoms with E-state index in [1.165, 1.54) is 35.3 Å². The highest BCUT2D eigenvalue weighted by Crippen LogP contribution is 2.21. The van der Waals surface area contributed by atoms with E-state index in [-0.39, 0.29) is 29.3 Å². The summed E-state index contributed by atoms with van der Waals surface area (Å²) in [6.45, 7) is 0. The van der Waals surface area contributed by atoms with Crippen molar-refractivity contribution >= 4 is 40.5 Å². The van der Waals surface area contributed by atoms with Crippen molar-refractivity contribution in [3.63, 3.8) is 0 Å². The summed E-state index contributed by atoms with van der Waals surface area (Å²) in [4.78, 5) is 28.4. The molecular weight excluding hydrogens is 398 g/mol. The molecule has 150 valence electrons. The van der Waals surface area contributed by atoms with Gasteiger partial charge >= 0.3 is 5.97 Å². The number of pyridine rings is 1. The number of carbonyl (C=O) groups excluding carboxylic acids is 2. The van der Waals surface area contributed by atoms with Gasteiger partial charge in [-0.25, -0.2) is 14.3 Å². The molecule has 3 aromatic rings. The summed E-state index contributed by atoms with van der Waals surface area (Å²) in [6.07, 6.45) is 2.56. The van der Waals surface area contributed by atoms with Gasteiger partial charge in [-0.1, -0.05) is 0 Å². The number of aromatic nitrogens is 3. The second-order valence-corrected chi connectivity index (χ2v) is 6.96. The maximum Gasteiger partial charge on any atom is 0.343 e. The molecule has 29 heavy (non-hydrogen) atoms. The number of nitrogens with two attached hydrogens (primary N) is 1. The fraction of sp³-hybridized carbons (Fsp3) is 0.118. The van der Waals surface area contributed by atoms with E-state index < -0.39 is 23.2 Å². The zero-order chi connectivity index (χ0) is 21.0. The highest BCUT2D eigenvalue weighted by Gasteiger charge is 2.17. The van der Waals surface area contributed by atoms with Crippen LogP contribution in [0.5, 0.6) is 5.75 Å². The van der Waals surface area contributed by atoms with Crippen molar-refractivity contribution in [2.75, 3.05) is 11.6 Å². The topological polar surface area (TPSA) is 171 Å². The molecule has 2 heterocycles. The summed E-state index contributed by atoms with van der Waals surface area (Å²) in [6, 6.07) is 9.31. The Hall–Kier alpha value is -3.64. The van der Waals surface area contributed by atoms with E-state index in [1.54, 1.807) is 18.2 Å². The molecule has 5 N–H and O–H groups in total. The van der Waals surface area contributed by atoms with E-state index in [1.807, 2.05) is 0 Å². The number of nitrogens with one attached hydrogen (secondary N) is 3. The van der Waals surface area contributed by atoms with Crippen molar-refractivity contribution in [2.24, 2.45) is 5.73 Å². The number of benzene rings is 1.